The third kappa shape index (κ3) is 5.09. The molecule has 15 heavy (non-hydrogen) atoms. The van der Waals surface area contributed by atoms with Crippen molar-refractivity contribution in [2.75, 3.05) is 13.1 Å². The Labute approximate surface area is 96.4 Å². The molecule has 1 fully saturated rings. The van der Waals surface area contributed by atoms with Crippen molar-refractivity contribution in [3.63, 3.8) is 0 Å². The van der Waals surface area contributed by atoms with Crippen molar-refractivity contribution in [2.45, 2.75) is 51.9 Å². The Morgan fingerprint density at radius 2 is 1.93 bits per heavy atom. The van der Waals surface area contributed by atoms with Crippen LogP contribution in [0.25, 0.3) is 0 Å². The van der Waals surface area contributed by atoms with E-state index in [0.717, 1.165) is 19.4 Å². The maximum atomic E-state index is 12.0. The van der Waals surface area contributed by atoms with E-state index in [1.54, 1.807) is 0 Å². The van der Waals surface area contributed by atoms with E-state index in [0.29, 0.717) is 6.54 Å². The van der Waals surface area contributed by atoms with E-state index in [4.69, 9.17) is 0 Å². The van der Waals surface area contributed by atoms with Crippen molar-refractivity contribution in [3.8, 4) is 0 Å². The molecule has 2 nitrogen and oxygen atoms in total. The average Bonchev–Trinajstić information content (AvgIpc) is 2.01. The molecule has 0 N–H and O–H groups in total. The van der Waals surface area contributed by atoms with Gasteiger partial charge in [-0.15, -0.1) is 12.4 Å². The largest absolute Gasteiger partial charge is 0.345 e. The van der Waals surface area contributed by atoms with E-state index < -0.39 is 6.61 Å². The molecule has 0 aromatic carbocycles. The van der Waals surface area contributed by atoms with E-state index in [-0.39, 0.29) is 24.0 Å². The summed E-state index contributed by atoms with van der Waals surface area (Å²) in [5.74, 6) is 0. The van der Waals surface area contributed by atoms with Crippen LogP contribution in [0.3, 0.4) is 0 Å². The van der Waals surface area contributed by atoms with E-state index in [1.807, 2.05) is 0 Å². The Hall–Kier alpha value is 0.0700. The van der Waals surface area contributed by atoms with Crippen LogP contribution in [0.1, 0.15) is 33.6 Å². The van der Waals surface area contributed by atoms with Crippen LogP contribution in [0.15, 0.2) is 0 Å². The normalized spacial score (nSPS) is 24.0. The van der Waals surface area contributed by atoms with Crippen molar-refractivity contribution >= 4 is 12.4 Å². The SMILES string of the molecule is CC(C)(C)N1CCCC(OC(F)F)C1.Cl. The van der Waals surface area contributed by atoms with Crippen LogP contribution in [0.2, 0.25) is 0 Å². The molecule has 5 heteroatoms. The standard InChI is InChI=1S/C10H19F2NO.ClH/c1-10(2,3)13-6-4-5-8(7-13)14-9(11)12;/h8-9H,4-7H2,1-3H3;1H. The summed E-state index contributed by atoms with van der Waals surface area (Å²) in [6, 6.07) is 0. The van der Waals surface area contributed by atoms with Gasteiger partial charge in [0.1, 0.15) is 0 Å². The summed E-state index contributed by atoms with van der Waals surface area (Å²) in [5.41, 5.74) is 0.0458. The lowest BCUT2D eigenvalue weighted by molar-refractivity contribution is -0.178. The highest BCUT2D eigenvalue weighted by molar-refractivity contribution is 5.85. The van der Waals surface area contributed by atoms with Crippen LogP contribution >= 0.6 is 12.4 Å². The van der Waals surface area contributed by atoms with E-state index >= 15 is 0 Å². The van der Waals surface area contributed by atoms with Gasteiger partial charge in [0.25, 0.3) is 0 Å². The van der Waals surface area contributed by atoms with E-state index in [1.165, 1.54) is 0 Å². The molecule has 92 valence electrons. The summed E-state index contributed by atoms with van der Waals surface area (Å²) < 4.78 is 28.5. The first kappa shape index (κ1) is 15.1. The van der Waals surface area contributed by atoms with Crippen molar-refractivity contribution in [2.24, 2.45) is 0 Å². The van der Waals surface area contributed by atoms with Gasteiger partial charge in [-0.2, -0.15) is 8.78 Å². The molecular weight excluding hydrogens is 224 g/mol. The lowest BCUT2D eigenvalue weighted by Crippen LogP contribution is -2.49. The van der Waals surface area contributed by atoms with Gasteiger partial charge in [0.2, 0.25) is 0 Å². The van der Waals surface area contributed by atoms with Gasteiger partial charge in [0, 0.05) is 12.1 Å². The molecular formula is C10H20ClF2NO. The number of likely N-dealkylation sites (tertiary alicyclic amines) is 1. The Balaban J connectivity index is 0.00000196. The van der Waals surface area contributed by atoms with Crippen LogP contribution in [-0.2, 0) is 4.74 Å². The van der Waals surface area contributed by atoms with Gasteiger partial charge < -0.3 is 4.74 Å². The highest BCUT2D eigenvalue weighted by Gasteiger charge is 2.29. The second-order valence-electron chi connectivity index (χ2n) is 4.78. The van der Waals surface area contributed by atoms with Crippen molar-refractivity contribution < 1.29 is 13.5 Å². The Morgan fingerprint density at radius 3 is 2.40 bits per heavy atom. The summed E-state index contributed by atoms with van der Waals surface area (Å²) in [7, 11) is 0. The number of hydrogen-bond donors (Lipinski definition) is 0. The fourth-order valence-corrected chi connectivity index (χ4v) is 1.80. The predicted octanol–water partition coefficient (Wildman–Crippen LogP) is 2.91. The molecule has 1 aliphatic rings. The fraction of sp³-hybridized carbons (Fsp3) is 1.00. The van der Waals surface area contributed by atoms with Crippen LogP contribution in [0, 0.1) is 0 Å². The molecule has 0 aliphatic carbocycles. The monoisotopic (exact) mass is 243 g/mol. The molecule has 1 heterocycles. The highest BCUT2D eigenvalue weighted by Crippen LogP contribution is 2.22. The zero-order valence-corrected chi connectivity index (χ0v) is 10.3. The zero-order chi connectivity index (χ0) is 10.8. The summed E-state index contributed by atoms with van der Waals surface area (Å²) in [6.45, 7) is 5.24. The Bertz CT molecular complexity index is 185. The van der Waals surface area contributed by atoms with Crippen LogP contribution in [0.5, 0.6) is 0 Å². The second-order valence-corrected chi connectivity index (χ2v) is 4.78. The summed E-state index contributed by atoms with van der Waals surface area (Å²) in [5, 5.41) is 0. The molecule has 0 bridgehead atoms. The molecule has 1 aliphatic heterocycles. The summed E-state index contributed by atoms with van der Waals surface area (Å²) in [6.07, 6.45) is 1.38. The molecule has 1 unspecified atom stereocenters. The first-order chi connectivity index (χ1) is 6.39. The minimum atomic E-state index is -2.64. The maximum Gasteiger partial charge on any atom is 0.345 e. The lowest BCUT2D eigenvalue weighted by Gasteiger charge is -2.41. The number of ether oxygens (including phenoxy) is 1. The Kier molecular flexibility index (Phi) is 5.99. The van der Waals surface area contributed by atoms with Gasteiger partial charge in [-0.25, -0.2) is 0 Å². The molecule has 0 amide bonds. The Morgan fingerprint density at radius 1 is 1.33 bits per heavy atom. The number of hydrogen-bond acceptors (Lipinski definition) is 2. The minimum absolute atomic E-state index is 0. The fourth-order valence-electron chi connectivity index (χ4n) is 1.80. The van der Waals surface area contributed by atoms with Gasteiger partial charge in [0.15, 0.2) is 0 Å². The number of nitrogens with zero attached hydrogens (tertiary/aromatic N) is 1. The molecule has 1 atom stereocenters. The van der Waals surface area contributed by atoms with Crippen molar-refractivity contribution in [3.05, 3.63) is 0 Å². The van der Waals surface area contributed by atoms with E-state index in [2.05, 4.69) is 30.4 Å². The summed E-state index contributed by atoms with van der Waals surface area (Å²) in [4.78, 5) is 2.20. The predicted molar refractivity (Wildman–Crippen MR) is 58.7 cm³/mol. The van der Waals surface area contributed by atoms with E-state index in [9.17, 15) is 8.78 Å². The van der Waals surface area contributed by atoms with Gasteiger partial charge in [-0.1, -0.05) is 0 Å². The van der Waals surface area contributed by atoms with Crippen molar-refractivity contribution in [1.82, 2.24) is 4.90 Å². The minimum Gasteiger partial charge on any atom is -0.318 e. The van der Waals surface area contributed by atoms with Crippen molar-refractivity contribution in [1.29, 1.82) is 0 Å². The topological polar surface area (TPSA) is 12.5 Å². The quantitative estimate of drug-likeness (QED) is 0.740. The number of piperidine rings is 1. The first-order valence-electron chi connectivity index (χ1n) is 5.08. The maximum absolute atomic E-state index is 12.0. The molecule has 0 aromatic heterocycles. The van der Waals surface area contributed by atoms with Gasteiger partial charge in [0.05, 0.1) is 6.10 Å². The molecule has 0 saturated carbocycles. The summed E-state index contributed by atoms with van der Waals surface area (Å²) >= 11 is 0. The smallest absolute Gasteiger partial charge is 0.318 e. The molecule has 1 saturated heterocycles. The third-order valence-electron chi connectivity index (χ3n) is 2.62. The first-order valence-corrected chi connectivity index (χ1v) is 5.08. The molecule has 1 rings (SSSR count). The lowest BCUT2D eigenvalue weighted by atomic mass is 9.99. The number of alkyl halides is 2. The van der Waals surface area contributed by atoms with Gasteiger partial charge in [-0.05, 0) is 40.2 Å². The third-order valence-corrected chi connectivity index (χ3v) is 2.62. The average molecular weight is 244 g/mol. The van der Waals surface area contributed by atoms with Gasteiger partial charge in [-0.3, -0.25) is 4.90 Å². The van der Waals surface area contributed by atoms with Crippen LogP contribution < -0.4 is 0 Å². The zero-order valence-electron chi connectivity index (χ0n) is 9.50. The number of rotatable bonds is 2. The molecule has 0 aromatic rings. The van der Waals surface area contributed by atoms with Crippen LogP contribution in [-0.4, -0.2) is 36.2 Å². The number of halogens is 3. The molecule has 0 spiro atoms. The second kappa shape index (κ2) is 5.97. The van der Waals surface area contributed by atoms with Crippen LogP contribution in [0.4, 0.5) is 8.78 Å². The highest BCUT2D eigenvalue weighted by atomic mass is 35.5. The molecule has 0 radical (unpaired) electrons. The van der Waals surface area contributed by atoms with Gasteiger partial charge >= 0.3 is 6.61 Å².